The maximum Gasteiger partial charge on any atom is 0.328 e. The summed E-state index contributed by atoms with van der Waals surface area (Å²) in [5, 5.41) is 0. The van der Waals surface area contributed by atoms with Crippen molar-refractivity contribution in [2.45, 2.75) is 0 Å². The summed E-state index contributed by atoms with van der Waals surface area (Å²) in [6.07, 6.45) is 0. The van der Waals surface area contributed by atoms with E-state index in [9.17, 15) is 9.13 Å². The molecule has 0 bridgehead atoms. The summed E-state index contributed by atoms with van der Waals surface area (Å²) < 4.78 is 33.0. The van der Waals surface area contributed by atoms with Crippen molar-refractivity contribution in [3.05, 3.63) is 0 Å². The molecule has 0 aromatic heterocycles. The Morgan fingerprint density at radius 2 is 1.40 bits per heavy atom. The van der Waals surface area contributed by atoms with Gasteiger partial charge in [0, 0.05) is 59.1 Å². The minimum Gasteiger partial charge on any atom is -0.282 e. The molecule has 0 spiro atoms. The van der Waals surface area contributed by atoms with Crippen molar-refractivity contribution in [3.8, 4) is 0 Å². The molecular formula is CH4Na2O5P2. The molecule has 10 heavy (non-hydrogen) atoms. The quantitative estimate of drug-likeness (QED) is 0.411. The van der Waals surface area contributed by atoms with E-state index in [0.717, 1.165) is 0 Å². The topological polar surface area (TPSA) is 61.8 Å². The Hall–Kier alpha value is 2.34. The van der Waals surface area contributed by atoms with Gasteiger partial charge in [0.2, 0.25) is 0 Å². The second kappa shape index (κ2) is 7.96. The van der Waals surface area contributed by atoms with Crippen LogP contribution in [0.5, 0.6) is 0 Å². The van der Waals surface area contributed by atoms with Gasteiger partial charge in [-0.15, -0.1) is 0 Å². The standard InChI is InChI=1S/CH4O5P2.2Na/c2-7-4-1-5-8(3)6-7;;/h7-8H,1H2;;. The summed E-state index contributed by atoms with van der Waals surface area (Å²) in [6.45, 7) is -0.185. The molecule has 1 saturated heterocycles. The zero-order chi connectivity index (χ0) is 5.98. The number of hydrogen-bond acceptors (Lipinski definition) is 5. The Morgan fingerprint density at radius 3 is 1.60 bits per heavy atom. The van der Waals surface area contributed by atoms with Crippen molar-refractivity contribution in [3.63, 3.8) is 0 Å². The second-order valence-electron chi connectivity index (χ2n) is 1.01. The van der Waals surface area contributed by atoms with Crippen molar-refractivity contribution in [2.24, 2.45) is 0 Å². The molecule has 5 nitrogen and oxygen atoms in total. The van der Waals surface area contributed by atoms with Crippen LogP contribution >= 0.6 is 16.5 Å². The van der Waals surface area contributed by atoms with Gasteiger partial charge in [-0.05, 0) is 0 Å². The van der Waals surface area contributed by atoms with Gasteiger partial charge in [-0.3, -0.25) is 18.2 Å². The molecule has 2 atom stereocenters. The zero-order valence-electron chi connectivity index (χ0n) is 5.75. The Labute approximate surface area is 104 Å². The Balaban J connectivity index is 0. The smallest absolute Gasteiger partial charge is 0.282 e. The van der Waals surface area contributed by atoms with Gasteiger partial charge < -0.3 is 0 Å². The SMILES string of the molecule is O=[PH]1OCO[PH](=O)O1.[Na].[Na]. The molecule has 2 unspecified atom stereocenters. The molecule has 1 aliphatic heterocycles. The van der Waals surface area contributed by atoms with E-state index in [0.29, 0.717) is 0 Å². The Kier molecular flexibility index (Phi) is 11.8. The van der Waals surface area contributed by atoms with Crippen LogP contribution in [0.25, 0.3) is 0 Å². The third-order valence-electron chi connectivity index (χ3n) is 0.520. The molecule has 0 aliphatic carbocycles. The summed E-state index contributed by atoms with van der Waals surface area (Å²) in [6, 6.07) is 0. The molecule has 0 saturated carbocycles. The number of hydrogen-bond donors (Lipinski definition) is 0. The second-order valence-corrected chi connectivity index (χ2v) is 3.40. The molecule has 50 valence electrons. The summed E-state index contributed by atoms with van der Waals surface area (Å²) in [5.74, 6) is 0. The molecule has 1 fully saturated rings. The zero-order valence-corrected chi connectivity index (χ0v) is 11.7. The first-order valence-electron chi connectivity index (χ1n) is 1.80. The minimum atomic E-state index is -2.48. The first kappa shape index (κ1) is 14.8. The average Bonchev–Trinajstić information content (AvgIpc) is 1.64. The molecule has 1 aliphatic rings. The predicted octanol–water partition coefficient (Wildman–Crippen LogP) is 0.0251. The van der Waals surface area contributed by atoms with E-state index in [1.54, 1.807) is 0 Å². The summed E-state index contributed by atoms with van der Waals surface area (Å²) >= 11 is 0. The van der Waals surface area contributed by atoms with Crippen LogP contribution < -0.4 is 0 Å². The third kappa shape index (κ3) is 5.92. The van der Waals surface area contributed by atoms with Crippen LogP contribution in [0.3, 0.4) is 0 Å². The number of rotatable bonds is 0. The normalized spacial score (nSPS) is 31.6. The molecule has 0 aromatic rings. The van der Waals surface area contributed by atoms with Gasteiger partial charge in [-0.25, -0.2) is 4.31 Å². The molecule has 0 amide bonds. The molecular weight excluding hydrogens is 200 g/mol. The molecule has 1 rings (SSSR count). The Morgan fingerprint density at radius 1 is 1.00 bits per heavy atom. The van der Waals surface area contributed by atoms with Crippen molar-refractivity contribution >= 4 is 75.6 Å². The molecule has 1 heterocycles. The fourth-order valence-corrected chi connectivity index (χ4v) is 1.70. The van der Waals surface area contributed by atoms with Gasteiger partial charge in [0.1, 0.15) is 0 Å². The van der Waals surface area contributed by atoms with Gasteiger partial charge in [0.25, 0.3) is 0 Å². The summed E-state index contributed by atoms with van der Waals surface area (Å²) in [5.41, 5.74) is 0. The van der Waals surface area contributed by atoms with Crippen LogP contribution in [0.4, 0.5) is 0 Å². The van der Waals surface area contributed by atoms with Crippen LogP contribution in [0, 0.1) is 0 Å². The van der Waals surface area contributed by atoms with E-state index in [1.165, 1.54) is 0 Å². The van der Waals surface area contributed by atoms with Crippen LogP contribution in [-0.2, 0) is 22.5 Å². The van der Waals surface area contributed by atoms with E-state index in [-0.39, 0.29) is 65.9 Å². The maximum absolute atomic E-state index is 10.2. The first-order chi connectivity index (χ1) is 3.79. The van der Waals surface area contributed by atoms with E-state index in [2.05, 4.69) is 13.4 Å². The monoisotopic (exact) mass is 204 g/mol. The minimum absolute atomic E-state index is 0. The van der Waals surface area contributed by atoms with Gasteiger partial charge in [0.05, 0.1) is 0 Å². The fraction of sp³-hybridized carbons (Fsp3) is 1.00. The van der Waals surface area contributed by atoms with Crippen LogP contribution in [0.1, 0.15) is 0 Å². The van der Waals surface area contributed by atoms with Crippen LogP contribution in [0.2, 0.25) is 0 Å². The van der Waals surface area contributed by atoms with Gasteiger partial charge in [-0.2, -0.15) is 0 Å². The van der Waals surface area contributed by atoms with Crippen LogP contribution in [0.15, 0.2) is 0 Å². The van der Waals surface area contributed by atoms with Gasteiger partial charge in [0.15, 0.2) is 6.79 Å². The van der Waals surface area contributed by atoms with Crippen molar-refractivity contribution < 1.29 is 22.5 Å². The van der Waals surface area contributed by atoms with Gasteiger partial charge >= 0.3 is 16.5 Å². The maximum atomic E-state index is 10.2. The van der Waals surface area contributed by atoms with Crippen LogP contribution in [-0.4, -0.2) is 65.9 Å². The summed E-state index contributed by atoms with van der Waals surface area (Å²) in [4.78, 5) is 0. The van der Waals surface area contributed by atoms with E-state index < -0.39 is 16.5 Å². The van der Waals surface area contributed by atoms with Crippen molar-refractivity contribution in [1.82, 2.24) is 0 Å². The van der Waals surface area contributed by atoms with Crippen molar-refractivity contribution in [2.75, 3.05) is 6.79 Å². The van der Waals surface area contributed by atoms with E-state index in [4.69, 9.17) is 0 Å². The summed E-state index contributed by atoms with van der Waals surface area (Å²) in [7, 11) is -4.97. The molecule has 0 aromatic carbocycles. The molecule has 0 N–H and O–H groups in total. The Bertz CT molecular complexity index is 124. The first-order valence-corrected chi connectivity index (χ1v) is 4.25. The fourth-order valence-electron chi connectivity index (χ4n) is 0.253. The predicted molar refractivity (Wildman–Crippen MR) is 37.6 cm³/mol. The average molecular weight is 204 g/mol. The molecule has 9 heteroatoms. The van der Waals surface area contributed by atoms with Gasteiger partial charge in [-0.1, -0.05) is 0 Å². The molecule has 2 radical (unpaired) electrons. The van der Waals surface area contributed by atoms with Crippen molar-refractivity contribution in [1.29, 1.82) is 0 Å². The van der Waals surface area contributed by atoms with E-state index >= 15 is 0 Å². The largest absolute Gasteiger partial charge is 0.328 e. The third-order valence-corrected chi connectivity index (χ3v) is 2.56. The van der Waals surface area contributed by atoms with E-state index in [1.807, 2.05) is 0 Å².